The first-order chi connectivity index (χ1) is 13.0. The Morgan fingerprint density at radius 2 is 0.821 bits per heavy atom. The maximum absolute atomic E-state index is 5.99. The summed E-state index contributed by atoms with van der Waals surface area (Å²) in [6.07, 6.45) is 0. The predicted molar refractivity (Wildman–Crippen MR) is 123 cm³/mol. The molecule has 0 atom stereocenters. The highest BCUT2D eigenvalue weighted by Gasteiger charge is 2.52. The van der Waals surface area contributed by atoms with E-state index < -0.39 is 11.6 Å². The third-order valence-electron chi connectivity index (χ3n) is 4.92. The van der Waals surface area contributed by atoms with E-state index in [1.807, 2.05) is 74.7 Å². The molecule has 0 unspecified atom stereocenters. The maximum atomic E-state index is 5.99. The van der Waals surface area contributed by atoms with Gasteiger partial charge in [0.2, 0.25) is 0 Å². The lowest BCUT2D eigenvalue weighted by atomic mass is 10.3. The summed E-state index contributed by atoms with van der Waals surface area (Å²) in [6.45, 7) is 10.5. The first kappa shape index (κ1) is 21.3. The molecular formula is C18H20Br2O4S4. The number of hydrogen-bond donors (Lipinski definition) is 0. The summed E-state index contributed by atoms with van der Waals surface area (Å²) < 4.78 is 26.0. The van der Waals surface area contributed by atoms with Crippen LogP contribution in [0.5, 0.6) is 0 Å². The Bertz CT molecular complexity index is 730. The lowest BCUT2D eigenvalue weighted by Crippen LogP contribution is -2.46. The van der Waals surface area contributed by atoms with Crippen molar-refractivity contribution >= 4 is 78.9 Å². The van der Waals surface area contributed by atoms with E-state index in [9.17, 15) is 0 Å². The molecular weight excluding hydrogens is 568 g/mol. The van der Waals surface area contributed by atoms with E-state index in [0.29, 0.717) is 26.4 Å². The summed E-state index contributed by atoms with van der Waals surface area (Å²) in [5.41, 5.74) is 0. The highest BCUT2D eigenvalue weighted by atomic mass is 79.9. The Kier molecular flexibility index (Phi) is 5.29. The highest BCUT2D eigenvalue weighted by Crippen LogP contribution is 2.69. The van der Waals surface area contributed by atoms with Crippen molar-refractivity contribution in [2.75, 3.05) is 26.4 Å². The maximum Gasteiger partial charge on any atom is 0.162 e. The first-order valence-electron chi connectivity index (χ1n) is 8.90. The van der Waals surface area contributed by atoms with E-state index in [-0.39, 0.29) is 8.16 Å². The predicted octanol–water partition coefficient (Wildman–Crippen LogP) is 6.57. The molecule has 4 heterocycles. The molecule has 0 bridgehead atoms. The molecule has 10 heteroatoms. The zero-order valence-electron chi connectivity index (χ0n) is 15.9. The van der Waals surface area contributed by atoms with Crippen molar-refractivity contribution in [1.29, 1.82) is 0 Å². The van der Waals surface area contributed by atoms with Gasteiger partial charge >= 0.3 is 0 Å². The monoisotopic (exact) mass is 586 g/mol. The second-order valence-corrected chi connectivity index (χ2v) is 15.8. The van der Waals surface area contributed by atoms with E-state index in [4.69, 9.17) is 18.9 Å². The van der Waals surface area contributed by atoms with Crippen LogP contribution in [0, 0.1) is 0 Å². The van der Waals surface area contributed by atoms with Gasteiger partial charge in [0.15, 0.2) is 11.6 Å². The minimum Gasteiger partial charge on any atom is -0.348 e. The van der Waals surface area contributed by atoms with Crippen molar-refractivity contribution in [2.45, 2.75) is 67.0 Å². The Morgan fingerprint density at radius 1 is 0.571 bits per heavy atom. The SMILES string of the molecule is CC1(C)OCC2(CO1)Sc1c(Br)c3c(c(Br)c1S2)SC1(COC(C)(C)OC1)S3. The molecule has 0 amide bonds. The second kappa shape index (κ2) is 6.96. The van der Waals surface area contributed by atoms with Crippen molar-refractivity contribution in [1.82, 2.24) is 0 Å². The van der Waals surface area contributed by atoms with Crippen molar-refractivity contribution in [3.8, 4) is 0 Å². The van der Waals surface area contributed by atoms with Crippen molar-refractivity contribution in [3.05, 3.63) is 8.95 Å². The van der Waals surface area contributed by atoms with Crippen LogP contribution in [0.3, 0.4) is 0 Å². The van der Waals surface area contributed by atoms with Gasteiger partial charge in [0.1, 0.15) is 8.16 Å². The molecule has 0 aromatic heterocycles. The number of benzene rings is 1. The minimum atomic E-state index is -0.510. The number of ether oxygens (including phenoxy) is 4. The quantitative estimate of drug-likeness (QED) is 0.337. The fraction of sp³-hybridized carbons (Fsp3) is 0.667. The lowest BCUT2D eigenvalue weighted by molar-refractivity contribution is -0.245. The molecule has 0 saturated carbocycles. The molecule has 5 rings (SSSR count). The van der Waals surface area contributed by atoms with Crippen LogP contribution in [0.15, 0.2) is 28.5 Å². The normalized spacial score (nSPS) is 28.5. The number of hydrogen-bond acceptors (Lipinski definition) is 8. The van der Waals surface area contributed by atoms with Crippen molar-refractivity contribution in [2.24, 2.45) is 0 Å². The molecule has 1 aromatic carbocycles. The molecule has 2 spiro atoms. The Hall–Kier alpha value is 1.42. The Balaban J connectivity index is 1.44. The molecule has 4 aliphatic heterocycles. The third-order valence-corrected chi connectivity index (χ3v) is 13.7. The Morgan fingerprint density at radius 3 is 1.07 bits per heavy atom. The van der Waals surface area contributed by atoms with E-state index in [1.54, 1.807) is 0 Å². The molecule has 0 N–H and O–H groups in total. The van der Waals surface area contributed by atoms with Gasteiger partial charge in [0, 0.05) is 28.5 Å². The summed E-state index contributed by atoms with van der Waals surface area (Å²) in [4.78, 5) is 5.08. The van der Waals surface area contributed by atoms with Gasteiger partial charge in [-0.25, -0.2) is 0 Å². The number of thioether (sulfide) groups is 4. The molecule has 154 valence electrons. The van der Waals surface area contributed by atoms with Gasteiger partial charge < -0.3 is 18.9 Å². The van der Waals surface area contributed by atoms with Gasteiger partial charge in [-0.3, -0.25) is 0 Å². The summed E-state index contributed by atoms with van der Waals surface area (Å²) in [6, 6.07) is 0. The average Bonchev–Trinajstić information content (AvgIpc) is 3.20. The van der Waals surface area contributed by atoms with Crippen LogP contribution in [0.4, 0.5) is 0 Å². The average molecular weight is 588 g/mol. The topological polar surface area (TPSA) is 36.9 Å². The van der Waals surface area contributed by atoms with Gasteiger partial charge in [-0.2, -0.15) is 0 Å². The molecule has 28 heavy (non-hydrogen) atoms. The van der Waals surface area contributed by atoms with E-state index >= 15 is 0 Å². The third kappa shape index (κ3) is 3.55. The van der Waals surface area contributed by atoms with Crippen LogP contribution in [0.2, 0.25) is 0 Å². The second-order valence-electron chi connectivity index (χ2n) is 8.13. The summed E-state index contributed by atoms with van der Waals surface area (Å²) in [5.74, 6) is -1.02. The summed E-state index contributed by atoms with van der Waals surface area (Å²) in [7, 11) is 0. The van der Waals surface area contributed by atoms with Gasteiger partial charge in [-0.15, -0.1) is 47.0 Å². The molecule has 1 aromatic rings. The molecule has 4 nitrogen and oxygen atoms in total. The van der Waals surface area contributed by atoms with Crippen LogP contribution in [0.25, 0.3) is 0 Å². The van der Waals surface area contributed by atoms with Gasteiger partial charge in [-0.1, -0.05) is 0 Å². The highest BCUT2D eigenvalue weighted by molar-refractivity contribution is 9.11. The van der Waals surface area contributed by atoms with Crippen LogP contribution < -0.4 is 0 Å². The smallest absolute Gasteiger partial charge is 0.162 e. The summed E-state index contributed by atoms with van der Waals surface area (Å²) >= 11 is 15.2. The zero-order chi connectivity index (χ0) is 19.9. The van der Waals surface area contributed by atoms with Gasteiger partial charge in [0.05, 0.1) is 26.4 Å². The number of rotatable bonds is 0. The fourth-order valence-corrected chi connectivity index (χ4v) is 11.5. The molecule has 0 aliphatic carbocycles. The first-order valence-corrected chi connectivity index (χ1v) is 13.7. The fourth-order valence-electron chi connectivity index (χ4n) is 3.29. The van der Waals surface area contributed by atoms with Crippen LogP contribution in [0.1, 0.15) is 27.7 Å². The van der Waals surface area contributed by atoms with Gasteiger partial charge in [0.25, 0.3) is 0 Å². The van der Waals surface area contributed by atoms with E-state index in [2.05, 4.69) is 31.9 Å². The molecule has 2 fully saturated rings. The minimum absolute atomic E-state index is 0.133. The largest absolute Gasteiger partial charge is 0.348 e. The van der Waals surface area contributed by atoms with Crippen molar-refractivity contribution in [3.63, 3.8) is 0 Å². The van der Waals surface area contributed by atoms with Gasteiger partial charge in [-0.05, 0) is 59.6 Å². The number of halogens is 2. The number of fused-ring (bicyclic) bond motifs is 2. The molecule has 2 saturated heterocycles. The van der Waals surface area contributed by atoms with E-state index in [0.717, 1.165) is 0 Å². The lowest BCUT2D eigenvalue weighted by Gasteiger charge is -2.40. The van der Waals surface area contributed by atoms with E-state index in [1.165, 1.54) is 28.5 Å². The van der Waals surface area contributed by atoms with Crippen LogP contribution in [-0.2, 0) is 18.9 Å². The standard InChI is InChI=1S/C18H20Br2O4S4/c1-15(2)21-5-17(6-22-15)25-11-9(19)13-14(10(20)12(11)26-17)28-18(27-13)7-23-16(3,4)24-8-18/h5-8H2,1-4H3. The van der Waals surface area contributed by atoms with Crippen LogP contribution in [-0.4, -0.2) is 46.2 Å². The Labute approximate surface area is 198 Å². The van der Waals surface area contributed by atoms with Crippen LogP contribution >= 0.6 is 78.9 Å². The van der Waals surface area contributed by atoms with Crippen molar-refractivity contribution < 1.29 is 18.9 Å². The zero-order valence-corrected chi connectivity index (χ0v) is 22.3. The molecule has 4 aliphatic rings. The molecule has 0 radical (unpaired) electrons. The summed E-state index contributed by atoms with van der Waals surface area (Å²) in [5, 5.41) is 0.